The molecule has 1 saturated heterocycles. The van der Waals surface area contributed by atoms with Crippen LogP contribution in [0.1, 0.15) is 32.1 Å². The van der Waals surface area contributed by atoms with E-state index in [0.717, 1.165) is 13.0 Å². The monoisotopic (exact) mass is 212 g/mol. The van der Waals surface area contributed by atoms with E-state index in [0.29, 0.717) is 24.6 Å². The van der Waals surface area contributed by atoms with E-state index in [1.54, 1.807) is 7.11 Å². The summed E-state index contributed by atoms with van der Waals surface area (Å²) in [6, 6.07) is 0.736. The highest BCUT2D eigenvalue weighted by Crippen LogP contribution is 2.21. The Labute approximate surface area is 90.8 Å². The summed E-state index contributed by atoms with van der Waals surface area (Å²) in [5.74, 6) is 0.164. The summed E-state index contributed by atoms with van der Waals surface area (Å²) in [6.07, 6.45) is 5.79. The van der Waals surface area contributed by atoms with Crippen LogP contribution in [-0.4, -0.2) is 37.7 Å². The smallest absolute Gasteiger partial charge is 0.221 e. The van der Waals surface area contributed by atoms with Crippen LogP contribution in [0.5, 0.6) is 0 Å². The minimum absolute atomic E-state index is 0.164. The number of nitrogens with one attached hydrogen (secondary N) is 2. The highest BCUT2D eigenvalue weighted by molar-refractivity contribution is 5.78. The molecule has 3 atom stereocenters. The van der Waals surface area contributed by atoms with Gasteiger partial charge in [0.25, 0.3) is 0 Å². The first-order valence-corrected chi connectivity index (χ1v) is 5.85. The van der Waals surface area contributed by atoms with Gasteiger partial charge in [-0.3, -0.25) is 4.79 Å². The summed E-state index contributed by atoms with van der Waals surface area (Å²) in [5, 5.41) is 6.39. The summed E-state index contributed by atoms with van der Waals surface area (Å²) >= 11 is 0. The predicted octanol–water partition coefficient (Wildman–Crippen LogP) is 0.422. The van der Waals surface area contributed by atoms with Crippen molar-refractivity contribution in [2.75, 3.05) is 13.7 Å². The third-order valence-corrected chi connectivity index (χ3v) is 3.43. The molecule has 2 rings (SSSR count). The van der Waals surface area contributed by atoms with Gasteiger partial charge in [0.15, 0.2) is 0 Å². The number of carbonyl (C=O) groups excluding carboxylic acids is 1. The van der Waals surface area contributed by atoms with Gasteiger partial charge >= 0.3 is 0 Å². The minimum Gasteiger partial charge on any atom is -0.380 e. The number of ether oxygens (including phenoxy) is 1. The van der Waals surface area contributed by atoms with E-state index >= 15 is 0 Å². The van der Waals surface area contributed by atoms with Gasteiger partial charge < -0.3 is 15.4 Å². The lowest BCUT2D eigenvalue weighted by Crippen LogP contribution is -2.48. The van der Waals surface area contributed by atoms with Crippen LogP contribution in [0.3, 0.4) is 0 Å². The topological polar surface area (TPSA) is 50.4 Å². The second kappa shape index (κ2) is 4.94. The molecule has 1 saturated carbocycles. The van der Waals surface area contributed by atoms with E-state index in [-0.39, 0.29) is 5.91 Å². The largest absolute Gasteiger partial charge is 0.380 e. The molecule has 0 spiro atoms. The molecule has 4 heteroatoms. The molecule has 86 valence electrons. The van der Waals surface area contributed by atoms with E-state index in [1.807, 2.05) is 0 Å². The van der Waals surface area contributed by atoms with E-state index in [4.69, 9.17) is 4.74 Å². The Morgan fingerprint density at radius 1 is 1.40 bits per heavy atom. The van der Waals surface area contributed by atoms with Crippen LogP contribution >= 0.6 is 0 Å². The molecule has 1 aliphatic heterocycles. The predicted molar refractivity (Wildman–Crippen MR) is 57.6 cm³/mol. The zero-order valence-corrected chi connectivity index (χ0v) is 9.29. The fourth-order valence-corrected chi connectivity index (χ4v) is 2.60. The summed E-state index contributed by atoms with van der Waals surface area (Å²) < 4.78 is 5.47. The summed E-state index contributed by atoms with van der Waals surface area (Å²) in [4.78, 5) is 11.1. The zero-order valence-electron chi connectivity index (χ0n) is 9.29. The van der Waals surface area contributed by atoms with Crippen molar-refractivity contribution in [2.45, 2.75) is 50.3 Å². The van der Waals surface area contributed by atoms with Crippen molar-refractivity contribution in [3.8, 4) is 0 Å². The van der Waals surface area contributed by atoms with E-state index in [9.17, 15) is 4.79 Å². The normalized spacial score (nSPS) is 36.6. The van der Waals surface area contributed by atoms with Crippen molar-refractivity contribution in [1.29, 1.82) is 0 Å². The van der Waals surface area contributed by atoms with Crippen molar-refractivity contribution in [2.24, 2.45) is 0 Å². The lowest BCUT2D eigenvalue weighted by Gasteiger charge is -2.32. The van der Waals surface area contributed by atoms with E-state index in [1.165, 1.54) is 19.3 Å². The van der Waals surface area contributed by atoms with Crippen LogP contribution in [0.2, 0.25) is 0 Å². The average molecular weight is 212 g/mol. The third kappa shape index (κ3) is 2.69. The average Bonchev–Trinajstić information content (AvgIpc) is 2.65. The third-order valence-electron chi connectivity index (χ3n) is 3.43. The second-order valence-electron chi connectivity index (χ2n) is 4.54. The van der Waals surface area contributed by atoms with Crippen LogP contribution in [-0.2, 0) is 9.53 Å². The maximum atomic E-state index is 11.1. The molecule has 1 aliphatic carbocycles. The van der Waals surface area contributed by atoms with Crippen molar-refractivity contribution < 1.29 is 9.53 Å². The molecular formula is C11H20N2O2. The fourth-order valence-electron chi connectivity index (χ4n) is 2.60. The van der Waals surface area contributed by atoms with Gasteiger partial charge in [0.05, 0.1) is 6.10 Å². The van der Waals surface area contributed by atoms with Gasteiger partial charge in [-0.05, 0) is 12.8 Å². The first kappa shape index (κ1) is 10.9. The Hall–Kier alpha value is -0.610. The number of hydrogen-bond acceptors (Lipinski definition) is 3. The Balaban J connectivity index is 1.83. The Morgan fingerprint density at radius 3 is 2.87 bits per heavy atom. The quantitative estimate of drug-likeness (QED) is 0.713. The number of amides is 1. The molecule has 2 aliphatic rings. The number of rotatable bonds is 3. The highest BCUT2D eigenvalue weighted by Gasteiger charge is 2.29. The van der Waals surface area contributed by atoms with Gasteiger partial charge in [-0.25, -0.2) is 0 Å². The summed E-state index contributed by atoms with van der Waals surface area (Å²) in [5.41, 5.74) is 0. The van der Waals surface area contributed by atoms with Crippen LogP contribution in [0.15, 0.2) is 0 Å². The van der Waals surface area contributed by atoms with Gasteiger partial charge in [-0.2, -0.15) is 0 Å². The molecule has 2 fully saturated rings. The lowest BCUT2D eigenvalue weighted by atomic mass is 9.91. The molecule has 3 unspecified atom stereocenters. The standard InChI is InChI=1S/C11H20N2O2/c1-15-10-5-3-2-4-9(10)13-8-6-11(14)12-7-8/h8-10,13H,2-7H2,1H3,(H,12,14). The van der Waals surface area contributed by atoms with Crippen molar-refractivity contribution in [3.63, 3.8) is 0 Å². The number of methoxy groups -OCH3 is 1. The first-order valence-electron chi connectivity index (χ1n) is 5.85. The molecule has 1 heterocycles. The maximum absolute atomic E-state index is 11.1. The second-order valence-corrected chi connectivity index (χ2v) is 4.54. The summed E-state index contributed by atoms with van der Waals surface area (Å²) in [7, 11) is 1.78. The van der Waals surface area contributed by atoms with Crippen LogP contribution < -0.4 is 10.6 Å². The van der Waals surface area contributed by atoms with Gasteiger partial charge in [-0.15, -0.1) is 0 Å². The van der Waals surface area contributed by atoms with Crippen LogP contribution in [0.25, 0.3) is 0 Å². The van der Waals surface area contributed by atoms with Gasteiger partial charge in [0.1, 0.15) is 0 Å². The molecule has 15 heavy (non-hydrogen) atoms. The first-order chi connectivity index (χ1) is 7.29. The Bertz CT molecular complexity index is 233. The van der Waals surface area contributed by atoms with Crippen LogP contribution in [0, 0.1) is 0 Å². The SMILES string of the molecule is COC1CCCCC1NC1CNC(=O)C1. The molecule has 0 radical (unpaired) electrons. The van der Waals surface area contributed by atoms with Crippen LogP contribution in [0.4, 0.5) is 0 Å². The van der Waals surface area contributed by atoms with E-state index < -0.39 is 0 Å². The molecule has 0 aromatic heterocycles. The van der Waals surface area contributed by atoms with Gasteiger partial charge in [0, 0.05) is 32.2 Å². The van der Waals surface area contributed by atoms with Gasteiger partial charge in [-0.1, -0.05) is 12.8 Å². The molecule has 0 aromatic rings. The zero-order chi connectivity index (χ0) is 10.7. The minimum atomic E-state index is 0.164. The molecule has 1 amide bonds. The van der Waals surface area contributed by atoms with Crippen molar-refractivity contribution >= 4 is 5.91 Å². The number of hydrogen-bond donors (Lipinski definition) is 2. The lowest BCUT2D eigenvalue weighted by molar-refractivity contribution is -0.119. The Morgan fingerprint density at radius 2 is 2.20 bits per heavy atom. The van der Waals surface area contributed by atoms with E-state index in [2.05, 4.69) is 10.6 Å². The Kier molecular flexibility index (Phi) is 3.59. The molecule has 0 bridgehead atoms. The fraction of sp³-hybridized carbons (Fsp3) is 0.909. The summed E-state index contributed by atoms with van der Waals surface area (Å²) in [6.45, 7) is 0.770. The highest BCUT2D eigenvalue weighted by atomic mass is 16.5. The molecule has 4 nitrogen and oxygen atoms in total. The van der Waals surface area contributed by atoms with Crippen molar-refractivity contribution in [3.05, 3.63) is 0 Å². The van der Waals surface area contributed by atoms with Gasteiger partial charge in [0.2, 0.25) is 5.91 Å². The molecule has 2 N–H and O–H groups in total. The molecular weight excluding hydrogens is 192 g/mol. The maximum Gasteiger partial charge on any atom is 0.221 e. The van der Waals surface area contributed by atoms with Crippen molar-refractivity contribution in [1.82, 2.24) is 10.6 Å². The number of carbonyl (C=O) groups is 1. The molecule has 0 aromatic carbocycles.